The van der Waals surface area contributed by atoms with Gasteiger partial charge in [-0.25, -0.2) is 9.59 Å². The van der Waals surface area contributed by atoms with Crippen molar-refractivity contribution >= 4 is 35.3 Å². The zero-order valence-electron chi connectivity index (χ0n) is 19.1. The number of hydrogen-bond acceptors (Lipinski definition) is 4. The van der Waals surface area contributed by atoms with Crippen LogP contribution in [-0.4, -0.2) is 36.2 Å². The Morgan fingerprint density at radius 2 is 1.63 bits per heavy atom. The lowest BCUT2D eigenvalue weighted by atomic mass is 9.98. The van der Waals surface area contributed by atoms with E-state index in [1.807, 2.05) is 24.3 Å². The summed E-state index contributed by atoms with van der Waals surface area (Å²) in [6.07, 6.45) is -0.154. The van der Waals surface area contributed by atoms with Gasteiger partial charge in [0.15, 0.2) is 0 Å². The molecule has 4 rings (SSSR count). The summed E-state index contributed by atoms with van der Waals surface area (Å²) >= 11 is 5.86. The number of carbonyl (C=O) groups excluding carboxylic acids is 2. The molecule has 180 valence electrons. The van der Waals surface area contributed by atoms with Gasteiger partial charge < -0.3 is 20.5 Å². The lowest BCUT2D eigenvalue weighted by Crippen LogP contribution is -2.30. The Kier molecular flexibility index (Phi) is 7.36. The minimum absolute atomic E-state index is 0.0204. The Bertz CT molecular complexity index is 1230. The average molecular weight is 493 g/mol. The summed E-state index contributed by atoms with van der Waals surface area (Å²) < 4.78 is 5.51. The third-order valence-electron chi connectivity index (χ3n) is 6.10. The molecule has 0 bridgehead atoms. The fourth-order valence-electron chi connectivity index (χ4n) is 4.20. The van der Waals surface area contributed by atoms with Crippen LogP contribution in [0.2, 0.25) is 5.02 Å². The summed E-state index contributed by atoms with van der Waals surface area (Å²) in [5.74, 6) is -1.91. The Morgan fingerprint density at radius 1 is 1.00 bits per heavy atom. The van der Waals surface area contributed by atoms with E-state index >= 15 is 0 Å². The van der Waals surface area contributed by atoms with E-state index in [1.165, 1.54) is 18.2 Å². The third-order valence-corrected chi connectivity index (χ3v) is 6.43. The smallest absolute Gasteiger partial charge is 0.407 e. The van der Waals surface area contributed by atoms with Crippen LogP contribution in [0.5, 0.6) is 0 Å². The molecule has 0 spiro atoms. The highest BCUT2D eigenvalue weighted by molar-refractivity contribution is 6.33. The second-order valence-electron chi connectivity index (χ2n) is 8.43. The Hall–Kier alpha value is -3.84. The number of carboxylic acid groups (broad SMARTS) is 1. The van der Waals surface area contributed by atoms with Gasteiger partial charge in [0.25, 0.3) is 0 Å². The Morgan fingerprint density at radius 3 is 2.26 bits per heavy atom. The zero-order chi connectivity index (χ0) is 24.9. The second kappa shape index (κ2) is 10.6. The molecule has 1 unspecified atom stereocenters. The van der Waals surface area contributed by atoms with Crippen LogP contribution in [-0.2, 0) is 9.53 Å². The van der Waals surface area contributed by atoms with E-state index in [9.17, 15) is 14.4 Å². The van der Waals surface area contributed by atoms with Crippen molar-refractivity contribution in [2.24, 2.45) is 5.92 Å². The van der Waals surface area contributed by atoms with E-state index in [1.54, 1.807) is 6.92 Å². The number of anilines is 1. The number of benzene rings is 3. The van der Waals surface area contributed by atoms with Crippen molar-refractivity contribution in [2.45, 2.75) is 19.3 Å². The van der Waals surface area contributed by atoms with Crippen LogP contribution in [0.4, 0.5) is 10.5 Å². The fourth-order valence-corrected chi connectivity index (χ4v) is 4.40. The molecular weight excluding hydrogens is 468 g/mol. The van der Waals surface area contributed by atoms with Crippen LogP contribution < -0.4 is 10.6 Å². The van der Waals surface area contributed by atoms with Gasteiger partial charge in [0.2, 0.25) is 5.91 Å². The van der Waals surface area contributed by atoms with Gasteiger partial charge in [0.1, 0.15) is 6.61 Å². The van der Waals surface area contributed by atoms with Gasteiger partial charge in [-0.15, -0.1) is 0 Å². The molecule has 0 heterocycles. The Balaban J connectivity index is 1.25. The summed E-state index contributed by atoms with van der Waals surface area (Å²) in [5, 5.41) is 14.6. The molecule has 0 radical (unpaired) electrons. The molecule has 0 saturated heterocycles. The fraction of sp³-hybridized carbons (Fsp3) is 0.222. The van der Waals surface area contributed by atoms with E-state index in [0.717, 1.165) is 22.3 Å². The van der Waals surface area contributed by atoms with Crippen LogP contribution in [0.1, 0.15) is 40.7 Å². The monoisotopic (exact) mass is 492 g/mol. The molecular formula is C27H25ClN2O5. The predicted octanol–water partition coefficient (Wildman–Crippen LogP) is 5.54. The number of rotatable bonds is 8. The summed E-state index contributed by atoms with van der Waals surface area (Å²) in [6.45, 7) is 2.20. The highest BCUT2D eigenvalue weighted by atomic mass is 35.5. The highest BCUT2D eigenvalue weighted by Crippen LogP contribution is 2.44. The number of carboxylic acids is 1. The molecule has 8 heteroatoms. The first-order chi connectivity index (χ1) is 16.8. The number of halogens is 1. The minimum Gasteiger partial charge on any atom is -0.478 e. The quantitative estimate of drug-likeness (QED) is 0.383. The molecule has 3 N–H and O–H groups in total. The van der Waals surface area contributed by atoms with Gasteiger partial charge in [-0.1, -0.05) is 67.1 Å². The molecule has 1 aliphatic rings. The van der Waals surface area contributed by atoms with Crippen molar-refractivity contribution < 1.29 is 24.2 Å². The summed E-state index contributed by atoms with van der Waals surface area (Å²) in [5.41, 5.74) is 4.85. The molecule has 0 aromatic heterocycles. The summed E-state index contributed by atoms with van der Waals surface area (Å²) in [7, 11) is 0. The van der Waals surface area contributed by atoms with Gasteiger partial charge >= 0.3 is 12.1 Å². The lowest BCUT2D eigenvalue weighted by molar-refractivity contribution is -0.119. The zero-order valence-corrected chi connectivity index (χ0v) is 19.8. The molecule has 35 heavy (non-hydrogen) atoms. The van der Waals surface area contributed by atoms with E-state index in [0.29, 0.717) is 12.1 Å². The minimum atomic E-state index is -1.17. The van der Waals surface area contributed by atoms with Crippen molar-refractivity contribution in [1.82, 2.24) is 5.32 Å². The number of aromatic carboxylic acids is 1. The van der Waals surface area contributed by atoms with Crippen molar-refractivity contribution in [3.8, 4) is 11.1 Å². The van der Waals surface area contributed by atoms with Gasteiger partial charge in [-0.2, -0.15) is 0 Å². The maximum absolute atomic E-state index is 12.5. The summed E-state index contributed by atoms with van der Waals surface area (Å²) in [4.78, 5) is 36.0. The van der Waals surface area contributed by atoms with Crippen molar-refractivity contribution in [1.29, 1.82) is 0 Å². The largest absolute Gasteiger partial charge is 0.478 e. The van der Waals surface area contributed by atoms with Gasteiger partial charge in [0, 0.05) is 24.1 Å². The topological polar surface area (TPSA) is 105 Å². The van der Waals surface area contributed by atoms with E-state index in [4.69, 9.17) is 21.4 Å². The normalized spacial score (nSPS) is 12.9. The molecule has 7 nitrogen and oxygen atoms in total. The maximum Gasteiger partial charge on any atom is 0.407 e. The molecule has 0 saturated carbocycles. The molecule has 0 aliphatic heterocycles. The van der Waals surface area contributed by atoms with Gasteiger partial charge in [0.05, 0.1) is 10.6 Å². The first-order valence-electron chi connectivity index (χ1n) is 11.3. The number of amides is 2. The van der Waals surface area contributed by atoms with E-state index in [2.05, 4.69) is 34.9 Å². The first-order valence-corrected chi connectivity index (χ1v) is 11.7. The number of carbonyl (C=O) groups is 3. The Labute approximate surface area is 208 Å². The maximum atomic E-state index is 12.5. The molecule has 1 atom stereocenters. The number of alkyl carbamates (subject to hydrolysis) is 1. The highest BCUT2D eigenvalue weighted by Gasteiger charge is 2.29. The standard InChI is InChI=1S/C27H25ClN2O5/c1-16(25(31)30-17-10-11-24(28)22(14-17)26(32)33)12-13-29-27(34)35-15-23-20-8-4-2-6-18(20)19-7-3-5-9-21(19)23/h2-11,14,16,23H,12-13,15H2,1H3,(H,29,34)(H,30,31)(H,32,33). The number of hydrogen-bond donors (Lipinski definition) is 3. The van der Waals surface area contributed by atoms with Crippen molar-refractivity contribution in [3.63, 3.8) is 0 Å². The van der Waals surface area contributed by atoms with Crippen LogP contribution in [0.15, 0.2) is 66.7 Å². The number of ether oxygens (including phenoxy) is 1. The molecule has 3 aromatic carbocycles. The number of nitrogens with one attached hydrogen (secondary N) is 2. The average Bonchev–Trinajstić information content (AvgIpc) is 3.17. The SMILES string of the molecule is CC(CCNC(=O)OCC1c2ccccc2-c2ccccc21)C(=O)Nc1ccc(Cl)c(C(=O)O)c1. The third kappa shape index (κ3) is 5.46. The van der Waals surface area contributed by atoms with E-state index in [-0.39, 0.29) is 35.6 Å². The van der Waals surface area contributed by atoms with Crippen LogP contribution >= 0.6 is 11.6 Å². The first kappa shape index (κ1) is 24.3. The molecule has 1 aliphatic carbocycles. The predicted molar refractivity (Wildman–Crippen MR) is 134 cm³/mol. The van der Waals surface area contributed by atoms with Crippen molar-refractivity contribution in [2.75, 3.05) is 18.5 Å². The van der Waals surface area contributed by atoms with Crippen molar-refractivity contribution in [3.05, 3.63) is 88.4 Å². The van der Waals surface area contributed by atoms with Crippen LogP contribution in [0.25, 0.3) is 11.1 Å². The lowest BCUT2D eigenvalue weighted by Gasteiger charge is -2.16. The molecule has 2 amide bonds. The van der Waals surface area contributed by atoms with Crippen LogP contribution in [0, 0.1) is 5.92 Å². The summed E-state index contributed by atoms with van der Waals surface area (Å²) in [6, 6.07) is 20.5. The van der Waals surface area contributed by atoms with E-state index < -0.39 is 18.0 Å². The van der Waals surface area contributed by atoms with Crippen LogP contribution in [0.3, 0.4) is 0 Å². The van der Waals surface area contributed by atoms with Gasteiger partial charge in [-0.05, 0) is 46.9 Å². The molecule has 3 aromatic rings. The number of fused-ring (bicyclic) bond motifs is 3. The molecule has 0 fully saturated rings. The van der Waals surface area contributed by atoms with Gasteiger partial charge in [-0.3, -0.25) is 4.79 Å². The second-order valence-corrected chi connectivity index (χ2v) is 8.84.